The van der Waals surface area contributed by atoms with Crippen LogP contribution in [0.25, 0.3) is 0 Å². The maximum atomic E-state index is 6.11. The van der Waals surface area contributed by atoms with Crippen LogP contribution in [0.15, 0.2) is 35.3 Å². The Hall–Kier alpha value is -0.820. The highest BCUT2D eigenvalue weighted by Crippen LogP contribution is 2.20. The normalized spacial score (nSPS) is 12.9. The van der Waals surface area contributed by atoms with Gasteiger partial charge in [-0.05, 0) is 32.5 Å². The fourth-order valence-corrected chi connectivity index (χ4v) is 2.60. The van der Waals surface area contributed by atoms with Gasteiger partial charge in [0.15, 0.2) is 5.96 Å². The fourth-order valence-electron chi connectivity index (χ4n) is 2.60. The molecule has 126 valence electrons. The van der Waals surface area contributed by atoms with Gasteiger partial charge in [-0.15, -0.1) is 24.0 Å². The van der Waals surface area contributed by atoms with Crippen molar-refractivity contribution in [2.75, 3.05) is 32.7 Å². The second-order valence-corrected chi connectivity index (χ2v) is 5.02. The Morgan fingerprint density at radius 2 is 1.55 bits per heavy atom. The summed E-state index contributed by atoms with van der Waals surface area (Å²) in [5.41, 5.74) is 7.41. The van der Waals surface area contributed by atoms with Crippen molar-refractivity contribution in [2.24, 2.45) is 10.7 Å². The average molecular weight is 418 g/mol. The van der Waals surface area contributed by atoms with Gasteiger partial charge in [-0.3, -0.25) is 9.89 Å². The van der Waals surface area contributed by atoms with Crippen molar-refractivity contribution in [1.82, 2.24) is 9.80 Å². The summed E-state index contributed by atoms with van der Waals surface area (Å²) in [6.07, 6.45) is 0. The van der Waals surface area contributed by atoms with E-state index in [4.69, 9.17) is 5.73 Å². The number of rotatable bonds is 8. The number of nitrogens with zero attached hydrogens (tertiary/aromatic N) is 3. The lowest BCUT2D eigenvalue weighted by atomic mass is 10.1. The second-order valence-electron chi connectivity index (χ2n) is 5.02. The van der Waals surface area contributed by atoms with Gasteiger partial charge in [-0.25, -0.2) is 0 Å². The molecule has 1 unspecified atom stereocenters. The molecule has 1 aromatic carbocycles. The molecule has 2 N–H and O–H groups in total. The quantitative estimate of drug-likeness (QED) is 0.400. The molecule has 0 saturated carbocycles. The number of hydrogen-bond acceptors (Lipinski definition) is 2. The number of likely N-dealkylation sites (N-methyl/N-ethyl adjacent to an activating group) is 1. The van der Waals surface area contributed by atoms with Crippen molar-refractivity contribution >= 4 is 29.9 Å². The molecule has 1 rings (SSSR count). The average Bonchev–Trinajstić information content (AvgIpc) is 2.53. The first-order valence-corrected chi connectivity index (χ1v) is 8.01. The van der Waals surface area contributed by atoms with Crippen molar-refractivity contribution in [3.05, 3.63) is 35.9 Å². The van der Waals surface area contributed by atoms with Crippen LogP contribution in [0.3, 0.4) is 0 Å². The van der Waals surface area contributed by atoms with E-state index in [2.05, 4.69) is 72.8 Å². The summed E-state index contributed by atoms with van der Waals surface area (Å²) in [5.74, 6) is 0.646. The molecule has 0 saturated heterocycles. The highest BCUT2D eigenvalue weighted by molar-refractivity contribution is 14.0. The third-order valence-corrected chi connectivity index (χ3v) is 3.95. The van der Waals surface area contributed by atoms with Crippen molar-refractivity contribution < 1.29 is 0 Å². The number of benzene rings is 1. The summed E-state index contributed by atoms with van der Waals surface area (Å²) in [5, 5.41) is 0. The second kappa shape index (κ2) is 11.7. The summed E-state index contributed by atoms with van der Waals surface area (Å²) in [6, 6.07) is 10.9. The van der Waals surface area contributed by atoms with Gasteiger partial charge in [0.05, 0.1) is 12.6 Å². The van der Waals surface area contributed by atoms with Crippen LogP contribution in [-0.4, -0.2) is 48.5 Å². The smallest absolute Gasteiger partial charge is 0.191 e. The molecule has 0 aromatic heterocycles. The lowest BCUT2D eigenvalue weighted by Crippen LogP contribution is -2.38. The molecule has 0 aliphatic rings. The van der Waals surface area contributed by atoms with E-state index >= 15 is 0 Å². The Labute approximate surface area is 152 Å². The zero-order valence-electron chi connectivity index (χ0n) is 14.3. The van der Waals surface area contributed by atoms with E-state index in [0.29, 0.717) is 12.5 Å². The molecule has 5 heteroatoms. The van der Waals surface area contributed by atoms with Crippen LogP contribution in [0.5, 0.6) is 0 Å². The van der Waals surface area contributed by atoms with Crippen LogP contribution in [0.1, 0.15) is 39.3 Å². The molecule has 4 nitrogen and oxygen atoms in total. The molecule has 22 heavy (non-hydrogen) atoms. The predicted molar refractivity (Wildman–Crippen MR) is 107 cm³/mol. The van der Waals surface area contributed by atoms with Gasteiger partial charge in [0.1, 0.15) is 0 Å². The minimum Gasteiger partial charge on any atom is -0.370 e. The number of aliphatic imine (C=N–C) groups is 1. The molecular formula is C17H31IN4. The van der Waals surface area contributed by atoms with Crippen molar-refractivity contribution in [3.8, 4) is 0 Å². The van der Waals surface area contributed by atoms with Gasteiger partial charge in [-0.1, -0.05) is 44.2 Å². The minimum absolute atomic E-state index is 0. The van der Waals surface area contributed by atoms with Gasteiger partial charge in [0, 0.05) is 13.1 Å². The number of hydrogen-bond donors (Lipinski definition) is 1. The Morgan fingerprint density at radius 1 is 1.00 bits per heavy atom. The first kappa shape index (κ1) is 21.2. The number of nitrogens with two attached hydrogens (primary N) is 1. The third-order valence-electron chi connectivity index (χ3n) is 3.95. The maximum absolute atomic E-state index is 6.11. The summed E-state index contributed by atoms with van der Waals surface area (Å²) >= 11 is 0. The summed E-state index contributed by atoms with van der Waals surface area (Å²) < 4.78 is 0. The highest BCUT2D eigenvalue weighted by Gasteiger charge is 2.17. The molecule has 0 amide bonds. The van der Waals surface area contributed by atoms with Gasteiger partial charge < -0.3 is 10.6 Å². The summed E-state index contributed by atoms with van der Waals surface area (Å²) in [4.78, 5) is 9.15. The molecule has 0 spiro atoms. The van der Waals surface area contributed by atoms with E-state index in [9.17, 15) is 0 Å². The first-order valence-electron chi connectivity index (χ1n) is 8.01. The van der Waals surface area contributed by atoms with E-state index in [0.717, 1.165) is 26.2 Å². The van der Waals surface area contributed by atoms with E-state index in [1.54, 1.807) is 0 Å². The van der Waals surface area contributed by atoms with E-state index < -0.39 is 0 Å². The van der Waals surface area contributed by atoms with Crippen LogP contribution >= 0.6 is 24.0 Å². The van der Waals surface area contributed by atoms with Crippen LogP contribution in [0.2, 0.25) is 0 Å². The largest absolute Gasteiger partial charge is 0.370 e. The molecule has 0 aliphatic heterocycles. The Balaban J connectivity index is 0.00000441. The molecule has 1 aromatic rings. The molecule has 0 fully saturated rings. The monoisotopic (exact) mass is 418 g/mol. The Bertz CT molecular complexity index is 414. The fraction of sp³-hybridized carbons (Fsp3) is 0.588. The summed E-state index contributed by atoms with van der Waals surface area (Å²) in [6.45, 7) is 13.1. The van der Waals surface area contributed by atoms with Crippen molar-refractivity contribution in [2.45, 2.75) is 33.7 Å². The molecule has 0 bridgehead atoms. The lowest BCUT2D eigenvalue weighted by Gasteiger charge is -2.29. The number of halogens is 1. The van der Waals surface area contributed by atoms with Crippen LogP contribution in [-0.2, 0) is 0 Å². The zero-order valence-corrected chi connectivity index (χ0v) is 16.7. The van der Waals surface area contributed by atoms with Gasteiger partial charge in [0.25, 0.3) is 0 Å². The van der Waals surface area contributed by atoms with Gasteiger partial charge >= 0.3 is 0 Å². The topological polar surface area (TPSA) is 44.9 Å². The van der Waals surface area contributed by atoms with Crippen LogP contribution < -0.4 is 5.73 Å². The van der Waals surface area contributed by atoms with Crippen molar-refractivity contribution in [1.29, 1.82) is 0 Å². The standard InChI is InChI=1S/C17H30N4.HI/c1-5-20(6-2)16(15-12-10-9-11-13-15)14-19-17(18)21(7-3)8-4;/h9-13,16H,5-8,14H2,1-4H3,(H2,18,19);1H. The summed E-state index contributed by atoms with van der Waals surface area (Å²) in [7, 11) is 0. The van der Waals surface area contributed by atoms with E-state index in [-0.39, 0.29) is 30.0 Å². The maximum Gasteiger partial charge on any atom is 0.191 e. The van der Waals surface area contributed by atoms with Crippen LogP contribution in [0.4, 0.5) is 0 Å². The first-order chi connectivity index (χ1) is 10.2. The molecule has 0 radical (unpaired) electrons. The van der Waals surface area contributed by atoms with E-state index in [1.807, 2.05) is 0 Å². The zero-order chi connectivity index (χ0) is 15.7. The lowest BCUT2D eigenvalue weighted by molar-refractivity contribution is 0.224. The molecule has 0 aliphatic carbocycles. The van der Waals surface area contributed by atoms with Gasteiger partial charge in [-0.2, -0.15) is 0 Å². The molecule has 1 atom stereocenters. The Morgan fingerprint density at radius 3 is 2.00 bits per heavy atom. The van der Waals surface area contributed by atoms with Crippen molar-refractivity contribution in [3.63, 3.8) is 0 Å². The van der Waals surface area contributed by atoms with E-state index in [1.165, 1.54) is 5.56 Å². The highest BCUT2D eigenvalue weighted by atomic mass is 127. The number of guanidine groups is 1. The predicted octanol–water partition coefficient (Wildman–Crippen LogP) is 3.34. The Kier molecular flexibility index (Phi) is 11.3. The van der Waals surface area contributed by atoms with Crippen LogP contribution in [0, 0.1) is 0 Å². The SMILES string of the molecule is CCN(CC)C(N)=NCC(c1ccccc1)N(CC)CC.I. The van der Waals surface area contributed by atoms with Gasteiger partial charge in [0.2, 0.25) is 0 Å². The molecule has 0 heterocycles. The minimum atomic E-state index is 0. The molecular weight excluding hydrogens is 387 g/mol. The third kappa shape index (κ3) is 6.12.